The van der Waals surface area contributed by atoms with Gasteiger partial charge in [0.1, 0.15) is 9.84 Å². The van der Waals surface area contributed by atoms with Gasteiger partial charge in [-0.05, 0) is 31.7 Å². The largest absolute Gasteiger partial charge is 0.357 e. The second kappa shape index (κ2) is 7.81. The van der Waals surface area contributed by atoms with E-state index < -0.39 is 9.84 Å². The van der Waals surface area contributed by atoms with Crippen LogP contribution in [0.25, 0.3) is 0 Å². The summed E-state index contributed by atoms with van der Waals surface area (Å²) in [6.07, 6.45) is 4.21. The van der Waals surface area contributed by atoms with Gasteiger partial charge in [-0.2, -0.15) is 0 Å². The van der Waals surface area contributed by atoms with Crippen LogP contribution in [0.1, 0.15) is 31.7 Å². The fourth-order valence-electron chi connectivity index (χ4n) is 2.59. The highest BCUT2D eigenvalue weighted by molar-refractivity contribution is 7.90. The highest BCUT2D eigenvalue weighted by Gasteiger charge is 2.43. The summed E-state index contributed by atoms with van der Waals surface area (Å²) < 4.78 is 22.3. The highest BCUT2D eigenvalue weighted by atomic mass is 32.2. The monoisotopic (exact) mass is 337 g/mol. The molecule has 0 aliphatic heterocycles. The van der Waals surface area contributed by atoms with Gasteiger partial charge in [0.05, 0.1) is 12.3 Å². The van der Waals surface area contributed by atoms with Gasteiger partial charge in [0.2, 0.25) is 0 Å². The first-order valence-electron chi connectivity index (χ1n) is 8.21. The molecule has 2 N–H and O–H groups in total. The van der Waals surface area contributed by atoms with E-state index >= 15 is 0 Å². The molecule has 0 spiro atoms. The zero-order valence-electron chi connectivity index (χ0n) is 14.0. The van der Waals surface area contributed by atoms with Crippen molar-refractivity contribution in [3.8, 4) is 0 Å². The average Bonchev–Trinajstić information content (AvgIpc) is 3.30. The Kier molecular flexibility index (Phi) is 6.04. The number of benzene rings is 1. The molecule has 2 rings (SSSR count). The van der Waals surface area contributed by atoms with Crippen LogP contribution in [0.15, 0.2) is 35.3 Å². The minimum atomic E-state index is -2.90. The molecule has 0 saturated heterocycles. The first kappa shape index (κ1) is 17.8. The molecule has 0 heterocycles. The smallest absolute Gasteiger partial charge is 0.191 e. The van der Waals surface area contributed by atoms with E-state index in [4.69, 9.17) is 4.99 Å². The summed E-state index contributed by atoms with van der Waals surface area (Å²) in [5.74, 6) is 0.969. The number of rotatable bonds is 8. The van der Waals surface area contributed by atoms with E-state index in [1.807, 2.05) is 13.0 Å². The molecule has 0 atom stereocenters. The quantitative estimate of drug-likeness (QED) is 0.430. The Morgan fingerprint density at radius 2 is 1.91 bits per heavy atom. The van der Waals surface area contributed by atoms with E-state index in [1.54, 1.807) is 0 Å². The Bertz CT molecular complexity index is 622. The van der Waals surface area contributed by atoms with Gasteiger partial charge in [-0.15, -0.1) is 0 Å². The van der Waals surface area contributed by atoms with Crippen molar-refractivity contribution in [1.82, 2.24) is 10.6 Å². The third kappa shape index (κ3) is 5.86. The summed E-state index contributed by atoms with van der Waals surface area (Å²) in [4.78, 5) is 4.70. The Hall–Kier alpha value is -1.56. The lowest BCUT2D eigenvalue weighted by atomic mass is 9.96. The van der Waals surface area contributed by atoms with Crippen LogP contribution in [0.4, 0.5) is 0 Å². The van der Waals surface area contributed by atoms with Gasteiger partial charge in [0.25, 0.3) is 0 Å². The zero-order chi connectivity index (χ0) is 16.8. The molecule has 1 aromatic rings. The van der Waals surface area contributed by atoms with Crippen LogP contribution in [-0.2, 0) is 15.3 Å². The van der Waals surface area contributed by atoms with Crippen molar-refractivity contribution in [2.45, 2.75) is 31.6 Å². The second-order valence-electron chi connectivity index (χ2n) is 6.25. The maximum Gasteiger partial charge on any atom is 0.191 e. The van der Waals surface area contributed by atoms with Crippen LogP contribution in [0.2, 0.25) is 0 Å². The molecule has 0 amide bonds. The molecule has 23 heavy (non-hydrogen) atoms. The summed E-state index contributed by atoms with van der Waals surface area (Å²) in [6.45, 7) is 4.18. The molecule has 128 valence electrons. The molecule has 5 nitrogen and oxygen atoms in total. The fourth-order valence-corrected chi connectivity index (χ4v) is 3.26. The van der Waals surface area contributed by atoms with Crippen LogP contribution < -0.4 is 10.6 Å². The standard InChI is InChI=1S/C17H27N3O2S/c1-3-18-16(19-12-7-13-23(2,21)22)20-14-17(10-11-17)15-8-5-4-6-9-15/h4-6,8-9H,3,7,10-14H2,1-2H3,(H2,18,19,20). The number of hydrogen-bond donors (Lipinski definition) is 2. The van der Waals surface area contributed by atoms with E-state index in [0.29, 0.717) is 13.0 Å². The molecule has 1 fully saturated rings. The summed E-state index contributed by atoms with van der Waals surface area (Å²) in [5.41, 5.74) is 1.55. The van der Waals surface area contributed by atoms with E-state index in [1.165, 1.54) is 24.7 Å². The Balaban J connectivity index is 1.89. The zero-order valence-corrected chi connectivity index (χ0v) is 14.8. The van der Waals surface area contributed by atoms with Gasteiger partial charge in [-0.3, -0.25) is 4.99 Å². The van der Waals surface area contributed by atoms with Crippen LogP contribution in [-0.4, -0.2) is 46.0 Å². The molecule has 6 heteroatoms. The Morgan fingerprint density at radius 1 is 1.22 bits per heavy atom. The lowest BCUT2D eigenvalue weighted by molar-refractivity contribution is 0.598. The van der Waals surface area contributed by atoms with Crippen LogP contribution in [0.5, 0.6) is 0 Å². The predicted molar refractivity (Wildman–Crippen MR) is 95.7 cm³/mol. The fraction of sp³-hybridized carbons (Fsp3) is 0.588. The minimum Gasteiger partial charge on any atom is -0.357 e. The van der Waals surface area contributed by atoms with Crippen molar-refractivity contribution in [3.05, 3.63) is 35.9 Å². The highest BCUT2D eigenvalue weighted by Crippen LogP contribution is 2.48. The molecule has 1 aliphatic rings. The van der Waals surface area contributed by atoms with Gasteiger partial charge in [0, 0.05) is 24.8 Å². The third-order valence-corrected chi connectivity index (χ3v) is 5.14. The van der Waals surface area contributed by atoms with Gasteiger partial charge in [-0.1, -0.05) is 30.3 Å². The van der Waals surface area contributed by atoms with E-state index in [2.05, 4.69) is 34.9 Å². The molecular weight excluding hydrogens is 310 g/mol. The number of guanidine groups is 1. The number of aliphatic imine (C=N–C) groups is 1. The normalized spacial score (nSPS) is 16.9. The van der Waals surface area contributed by atoms with Crippen LogP contribution in [0, 0.1) is 0 Å². The number of sulfone groups is 1. The molecule has 0 aromatic heterocycles. The van der Waals surface area contributed by atoms with Crippen LogP contribution >= 0.6 is 0 Å². The molecular formula is C17H27N3O2S. The van der Waals surface area contributed by atoms with Crippen molar-refractivity contribution in [3.63, 3.8) is 0 Å². The van der Waals surface area contributed by atoms with Gasteiger partial charge in [-0.25, -0.2) is 8.42 Å². The van der Waals surface area contributed by atoms with E-state index in [9.17, 15) is 8.42 Å². The summed E-state index contributed by atoms with van der Waals surface area (Å²) >= 11 is 0. The summed E-state index contributed by atoms with van der Waals surface area (Å²) in [7, 11) is -2.90. The summed E-state index contributed by atoms with van der Waals surface area (Å²) in [5, 5.41) is 6.44. The third-order valence-electron chi connectivity index (χ3n) is 4.11. The average molecular weight is 337 g/mol. The van der Waals surface area contributed by atoms with Crippen molar-refractivity contribution < 1.29 is 8.42 Å². The first-order chi connectivity index (χ1) is 11.0. The van der Waals surface area contributed by atoms with Crippen LogP contribution in [0.3, 0.4) is 0 Å². The molecule has 1 saturated carbocycles. The lowest BCUT2D eigenvalue weighted by Crippen LogP contribution is -2.38. The number of nitrogens with one attached hydrogen (secondary N) is 2. The maximum absolute atomic E-state index is 11.2. The SMILES string of the molecule is CCNC(=NCC1(c2ccccc2)CC1)NCCCS(C)(=O)=O. The van der Waals surface area contributed by atoms with Gasteiger partial charge < -0.3 is 10.6 Å². The van der Waals surface area contributed by atoms with Crippen molar-refractivity contribution in [2.24, 2.45) is 4.99 Å². The second-order valence-corrected chi connectivity index (χ2v) is 8.51. The van der Waals surface area contributed by atoms with Crippen molar-refractivity contribution in [2.75, 3.05) is 31.6 Å². The first-order valence-corrected chi connectivity index (χ1v) is 10.3. The summed E-state index contributed by atoms with van der Waals surface area (Å²) in [6, 6.07) is 10.5. The van der Waals surface area contributed by atoms with Gasteiger partial charge in [0.15, 0.2) is 5.96 Å². The van der Waals surface area contributed by atoms with Gasteiger partial charge >= 0.3 is 0 Å². The van der Waals surface area contributed by atoms with E-state index in [0.717, 1.165) is 19.0 Å². The topological polar surface area (TPSA) is 70.6 Å². The Morgan fingerprint density at radius 3 is 2.48 bits per heavy atom. The minimum absolute atomic E-state index is 0.191. The number of hydrogen-bond acceptors (Lipinski definition) is 3. The number of nitrogens with zero attached hydrogens (tertiary/aromatic N) is 1. The predicted octanol–water partition coefficient (Wildman–Crippen LogP) is 1.71. The van der Waals surface area contributed by atoms with Crippen molar-refractivity contribution in [1.29, 1.82) is 0 Å². The lowest BCUT2D eigenvalue weighted by Gasteiger charge is -2.16. The molecule has 0 radical (unpaired) electrons. The Labute approximate surface area is 139 Å². The van der Waals surface area contributed by atoms with Crippen molar-refractivity contribution >= 4 is 15.8 Å². The van der Waals surface area contributed by atoms with E-state index in [-0.39, 0.29) is 11.2 Å². The molecule has 0 bridgehead atoms. The molecule has 1 aliphatic carbocycles. The molecule has 0 unspecified atom stereocenters. The molecule has 1 aromatic carbocycles. The maximum atomic E-state index is 11.2.